The number of hydrogen-bond donors (Lipinski definition) is 1. The third kappa shape index (κ3) is 3.51. The van der Waals surface area contributed by atoms with Gasteiger partial charge in [-0.3, -0.25) is 4.79 Å². The van der Waals surface area contributed by atoms with Crippen molar-refractivity contribution in [2.45, 2.75) is 32.7 Å². The van der Waals surface area contributed by atoms with Crippen molar-refractivity contribution in [3.05, 3.63) is 29.0 Å². The zero-order valence-corrected chi connectivity index (χ0v) is 9.93. The lowest BCUT2D eigenvalue weighted by molar-refractivity contribution is 0.0911. The summed E-state index contributed by atoms with van der Waals surface area (Å²) in [4.78, 5) is 15.6. The Labute approximate surface area is 94.9 Å². The summed E-state index contributed by atoms with van der Waals surface area (Å²) >= 11 is 5.63. The largest absolute Gasteiger partial charge is 0.347 e. The summed E-state index contributed by atoms with van der Waals surface area (Å²) in [5.41, 5.74) is 0.331. The highest BCUT2D eigenvalue weighted by Gasteiger charge is 2.18. The van der Waals surface area contributed by atoms with Crippen LogP contribution in [0.5, 0.6) is 0 Å². The van der Waals surface area contributed by atoms with E-state index in [-0.39, 0.29) is 11.4 Å². The fraction of sp³-hybridized carbons (Fsp3) is 0.455. The second-order valence-electron chi connectivity index (χ2n) is 4.06. The van der Waals surface area contributed by atoms with Gasteiger partial charge in [-0.1, -0.05) is 18.5 Å². The van der Waals surface area contributed by atoms with E-state index in [4.69, 9.17) is 11.6 Å². The molecule has 1 aromatic heterocycles. The van der Waals surface area contributed by atoms with Crippen LogP contribution in [-0.2, 0) is 0 Å². The van der Waals surface area contributed by atoms with Gasteiger partial charge in [-0.2, -0.15) is 0 Å². The molecule has 0 saturated heterocycles. The van der Waals surface area contributed by atoms with Crippen LogP contribution in [0.3, 0.4) is 0 Å². The van der Waals surface area contributed by atoms with Crippen molar-refractivity contribution in [2.75, 3.05) is 0 Å². The molecule has 0 spiro atoms. The molecule has 1 aromatic rings. The second-order valence-corrected chi connectivity index (χ2v) is 4.45. The van der Waals surface area contributed by atoms with Crippen LogP contribution in [0.2, 0.25) is 5.15 Å². The van der Waals surface area contributed by atoms with Gasteiger partial charge in [0, 0.05) is 11.7 Å². The Kier molecular flexibility index (Phi) is 3.69. The summed E-state index contributed by atoms with van der Waals surface area (Å²) in [5.74, 6) is -0.119. The van der Waals surface area contributed by atoms with Gasteiger partial charge in [-0.15, -0.1) is 0 Å². The minimum absolute atomic E-state index is 0.119. The Balaban J connectivity index is 2.74. The monoisotopic (exact) mass is 226 g/mol. The minimum Gasteiger partial charge on any atom is -0.347 e. The van der Waals surface area contributed by atoms with Crippen LogP contribution >= 0.6 is 11.6 Å². The van der Waals surface area contributed by atoms with Crippen molar-refractivity contribution in [1.82, 2.24) is 10.3 Å². The number of rotatable bonds is 3. The lowest BCUT2D eigenvalue weighted by Gasteiger charge is -2.24. The highest BCUT2D eigenvalue weighted by molar-refractivity contribution is 6.29. The van der Waals surface area contributed by atoms with Crippen LogP contribution in [0.4, 0.5) is 0 Å². The summed E-state index contributed by atoms with van der Waals surface area (Å²) in [6.45, 7) is 5.99. The van der Waals surface area contributed by atoms with Crippen LogP contribution < -0.4 is 5.32 Å². The molecule has 82 valence electrons. The van der Waals surface area contributed by atoms with Crippen LogP contribution in [0.15, 0.2) is 18.3 Å². The molecule has 0 bridgehead atoms. The maximum absolute atomic E-state index is 11.7. The molecule has 3 nitrogen and oxygen atoms in total. The number of halogens is 1. The lowest BCUT2D eigenvalue weighted by Crippen LogP contribution is -2.42. The first-order valence-electron chi connectivity index (χ1n) is 4.88. The molecule has 0 aliphatic carbocycles. The lowest BCUT2D eigenvalue weighted by atomic mass is 10.0. The summed E-state index contributed by atoms with van der Waals surface area (Å²) in [5, 5.41) is 3.31. The third-order valence-electron chi connectivity index (χ3n) is 2.33. The topological polar surface area (TPSA) is 42.0 Å². The molecule has 1 N–H and O–H groups in total. The van der Waals surface area contributed by atoms with E-state index in [0.717, 1.165) is 6.42 Å². The van der Waals surface area contributed by atoms with Gasteiger partial charge in [-0.25, -0.2) is 4.98 Å². The quantitative estimate of drug-likeness (QED) is 0.806. The molecule has 1 heterocycles. The predicted octanol–water partition coefficient (Wildman–Crippen LogP) is 2.65. The first-order valence-corrected chi connectivity index (χ1v) is 5.26. The Morgan fingerprint density at radius 3 is 2.67 bits per heavy atom. The van der Waals surface area contributed by atoms with Crippen molar-refractivity contribution in [1.29, 1.82) is 0 Å². The number of hydrogen-bond acceptors (Lipinski definition) is 2. The van der Waals surface area contributed by atoms with Crippen molar-refractivity contribution in [3.63, 3.8) is 0 Å². The van der Waals surface area contributed by atoms with Crippen molar-refractivity contribution >= 4 is 17.5 Å². The van der Waals surface area contributed by atoms with E-state index in [1.54, 1.807) is 12.1 Å². The summed E-state index contributed by atoms with van der Waals surface area (Å²) < 4.78 is 0. The number of pyridine rings is 1. The molecule has 0 radical (unpaired) electrons. The van der Waals surface area contributed by atoms with Gasteiger partial charge in [0.15, 0.2) is 0 Å². The molecule has 0 saturated carbocycles. The zero-order valence-electron chi connectivity index (χ0n) is 9.17. The number of aromatic nitrogens is 1. The van der Waals surface area contributed by atoms with Crippen LogP contribution in [0.1, 0.15) is 37.6 Å². The van der Waals surface area contributed by atoms with Gasteiger partial charge in [0.05, 0.1) is 5.56 Å². The third-order valence-corrected chi connectivity index (χ3v) is 2.55. The van der Waals surface area contributed by atoms with Crippen LogP contribution in [0, 0.1) is 0 Å². The van der Waals surface area contributed by atoms with Crippen LogP contribution in [0.25, 0.3) is 0 Å². The van der Waals surface area contributed by atoms with E-state index in [2.05, 4.69) is 10.3 Å². The molecular formula is C11H15ClN2O. The summed E-state index contributed by atoms with van der Waals surface area (Å²) in [7, 11) is 0. The van der Waals surface area contributed by atoms with E-state index >= 15 is 0 Å². The number of amides is 1. The molecule has 0 unspecified atom stereocenters. The van der Waals surface area contributed by atoms with E-state index in [0.29, 0.717) is 10.7 Å². The van der Waals surface area contributed by atoms with Gasteiger partial charge in [0.1, 0.15) is 5.15 Å². The minimum atomic E-state index is -0.198. The first kappa shape index (κ1) is 12.0. The predicted molar refractivity (Wildman–Crippen MR) is 61.1 cm³/mol. The Bertz CT molecular complexity index is 346. The van der Waals surface area contributed by atoms with E-state index in [1.807, 2.05) is 20.8 Å². The van der Waals surface area contributed by atoms with Crippen molar-refractivity contribution in [2.24, 2.45) is 0 Å². The average molecular weight is 227 g/mol. The highest BCUT2D eigenvalue weighted by Crippen LogP contribution is 2.10. The SMILES string of the molecule is CCC(C)(C)NC(=O)c1ccc(Cl)nc1. The van der Waals surface area contributed by atoms with E-state index < -0.39 is 0 Å². The van der Waals surface area contributed by atoms with Crippen LogP contribution in [-0.4, -0.2) is 16.4 Å². The average Bonchev–Trinajstić information content (AvgIpc) is 2.18. The molecule has 1 amide bonds. The second kappa shape index (κ2) is 4.62. The van der Waals surface area contributed by atoms with Gasteiger partial charge >= 0.3 is 0 Å². The number of nitrogens with one attached hydrogen (secondary N) is 1. The molecule has 1 rings (SSSR count). The number of carbonyl (C=O) groups is 1. The smallest absolute Gasteiger partial charge is 0.253 e. The first-order chi connectivity index (χ1) is 6.94. The van der Waals surface area contributed by atoms with Gasteiger partial charge < -0.3 is 5.32 Å². The fourth-order valence-corrected chi connectivity index (χ4v) is 1.09. The van der Waals surface area contributed by atoms with Crippen molar-refractivity contribution < 1.29 is 4.79 Å². The van der Waals surface area contributed by atoms with E-state index in [1.165, 1.54) is 6.20 Å². The zero-order chi connectivity index (χ0) is 11.5. The molecule has 0 aromatic carbocycles. The summed E-state index contributed by atoms with van der Waals surface area (Å²) in [6, 6.07) is 3.27. The molecule has 0 aliphatic rings. The highest BCUT2D eigenvalue weighted by atomic mass is 35.5. The maximum Gasteiger partial charge on any atom is 0.253 e. The molecule has 0 atom stereocenters. The Hall–Kier alpha value is -1.09. The van der Waals surface area contributed by atoms with Gasteiger partial charge in [0.25, 0.3) is 5.91 Å². The van der Waals surface area contributed by atoms with Gasteiger partial charge in [-0.05, 0) is 32.4 Å². The standard InChI is InChI=1S/C11H15ClN2O/c1-4-11(2,3)14-10(15)8-5-6-9(12)13-7-8/h5-7H,4H2,1-3H3,(H,14,15). The summed E-state index contributed by atoms with van der Waals surface area (Å²) in [6.07, 6.45) is 2.35. The van der Waals surface area contributed by atoms with Crippen molar-refractivity contribution in [3.8, 4) is 0 Å². The Morgan fingerprint density at radius 1 is 1.53 bits per heavy atom. The number of nitrogens with zero attached hydrogens (tertiary/aromatic N) is 1. The fourth-order valence-electron chi connectivity index (χ4n) is 0.978. The maximum atomic E-state index is 11.7. The van der Waals surface area contributed by atoms with Gasteiger partial charge in [0.2, 0.25) is 0 Å². The molecule has 15 heavy (non-hydrogen) atoms. The molecule has 4 heteroatoms. The molecule has 0 fully saturated rings. The van der Waals surface area contributed by atoms with E-state index in [9.17, 15) is 4.79 Å². The molecular weight excluding hydrogens is 212 g/mol. The Morgan fingerprint density at radius 2 is 2.20 bits per heavy atom. The number of carbonyl (C=O) groups excluding carboxylic acids is 1. The normalized spacial score (nSPS) is 11.2. The molecule has 0 aliphatic heterocycles.